The molecule has 1 fully saturated rings. The molecule has 0 aromatic heterocycles. The lowest BCUT2D eigenvalue weighted by atomic mass is 9.84. The van der Waals surface area contributed by atoms with Crippen LogP contribution in [0.5, 0.6) is 0 Å². The smallest absolute Gasteiger partial charge is 0.229 e. The molecule has 1 aliphatic heterocycles. The lowest BCUT2D eigenvalue weighted by molar-refractivity contribution is -0.0731. The van der Waals surface area contributed by atoms with Crippen molar-refractivity contribution in [3.63, 3.8) is 0 Å². The summed E-state index contributed by atoms with van der Waals surface area (Å²) in [5.41, 5.74) is 0.578. The van der Waals surface area contributed by atoms with Crippen molar-refractivity contribution in [2.75, 3.05) is 26.6 Å². The summed E-state index contributed by atoms with van der Waals surface area (Å²) in [6.07, 6.45) is 1.65. The summed E-state index contributed by atoms with van der Waals surface area (Å²) in [4.78, 5) is 2.55. The van der Waals surface area contributed by atoms with E-state index in [-0.39, 0.29) is 5.92 Å². The number of piperidine rings is 1. The minimum absolute atomic E-state index is 0.0370. The summed E-state index contributed by atoms with van der Waals surface area (Å²) in [5, 5.41) is 16.4. The van der Waals surface area contributed by atoms with Gasteiger partial charge in [-0.2, -0.15) is 0 Å². The second-order valence-corrected chi connectivity index (χ2v) is 5.90. The van der Waals surface area contributed by atoms with Crippen molar-refractivity contribution in [2.24, 2.45) is 11.3 Å². The Hall–Kier alpha value is -0.260. The average Bonchev–Trinajstić information content (AvgIpc) is 2.29. The van der Waals surface area contributed by atoms with E-state index in [9.17, 15) is 8.78 Å². The molecule has 0 aromatic rings. The van der Waals surface area contributed by atoms with Gasteiger partial charge in [0, 0.05) is 12.5 Å². The summed E-state index contributed by atoms with van der Waals surface area (Å²) in [6.45, 7) is 12.6. The zero-order chi connectivity index (χ0) is 15.5. The number of rotatable bonds is 2. The van der Waals surface area contributed by atoms with E-state index < -0.39 is 13.2 Å². The van der Waals surface area contributed by atoms with E-state index in [1.54, 1.807) is 13.8 Å². The van der Waals surface area contributed by atoms with Gasteiger partial charge < -0.3 is 15.1 Å². The van der Waals surface area contributed by atoms with Crippen molar-refractivity contribution in [1.29, 1.82) is 0 Å². The molecule has 0 amide bonds. The van der Waals surface area contributed by atoms with Gasteiger partial charge in [0.05, 0.1) is 0 Å². The van der Waals surface area contributed by atoms with Crippen molar-refractivity contribution in [3.8, 4) is 0 Å². The molecule has 0 spiro atoms. The molecule has 3 nitrogen and oxygen atoms in total. The minimum Gasteiger partial charge on any atom is -0.368 e. The fourth-order valence-corrected chi connectivity index (χ4v) is 1.81. The Bertz CT molecular complexity index is 194. The van der Waals surface area contributed by atoms with Gasteiger partial charge in [0.2, 0.25) is 6.93 Å². The molecule has 0 aromatic carbocycles. The van der Waals surface area contributed by atoms with Crippen LogP contribution in [0, 0.1) is 11.3 Å². The number of aliphatic hydroxyl groups is 2. The Kier molecular flexibility index (Phi) is 12.8. The van der Waals surface area contributed by atoms with Gasteiger partial charge in [0.15, 0.2) is 6.29 Å². The number of halogens is 2. The monoisotopic (exact) mass is 283 g/mol. The Morgan fingerprint density at radius 2 is 1.63 bits per heavy atom. The zero-order valence-electron chi connectivity index (χ0n) is 13.0. The number of nitrogens with zero attached hydrogens (tertiary/aromatic N) is 1. The first kappa shape index (κ1) is 21.0. The molecule has 0 aliphatic carbocycles. The second kappa shape index (κ2) is 11.6. The van der Waals surface area contributed by atoms with Crippen LogP contribution < -0.4 is 0 Å². The van der Waals surface area contributed by atoms with Crippen LogP contribution in [0.4, 0.5) is 8.78 Å². The van der Waals surface area contributed by atoms with E-state index >= 15 is 0 Å². The zero-order valence-corrected chi connectivity index (χ0v) is 13.0. The third-order valence-electron chi connectivity index (χ3n) is 3.02. The standard InChI is InChI=1S/C9H19N.C4H10O2.CH2F2/c1-4-10-7-5-6-9(2,3)8-10;1-3(2)4(5)6;2-1-3/h4-8H2,1-3H3;3-6H,1-2H3;1H2. The third-order valence-corrected chi connectivity index (χ3v) is 3.02. The molecule has 1 aliphatic rings. The second-order valence-electron chi connectivity index (χ2n) is 5.90. The number of hydrogen-bond acceptors (Lipinski definition) is 3. The van der Waals surface area contributed by atoms with E-state index in [1.165, 1.54) is 32.5 Å². The Morgan fingerprint density at radius 1 is 1.21 bits per heavy atom. The van der Waals surface area contributed by atoms with E-state index in [0.29, 0.717) is 5.41 Å². The molecular formula is C14H31F2NO2. The van der Waals surface area contributed by atoms with E-state index in [0.717, 1.165) is 0 Å². The maximum atomic E-state index is 9.62. The molecular weight excluding hydrogens is 252 g/mol. The molecule has 2 N–H and O–H groups in total. The quantitative estimate of drug-likeness (QED) is 0.766. The Morgan fingerprint density at radius 3 is 1.84 bits per heavy atom. The maximum absolute atomic E-state index is 9.62. The Balaban J connectivity index is 0. The maximum Gasteiger partial charge on any atom is 0.229 e. The molecule has 0 bridgehead atoms. The van der Waals surface area contributed by atoms with E-state index in [4.69, 9.17) is 10.2 Å². The third kappa shape index (κ3) is 14.0. The summed E-state index contributed by atoms with van der Waals surface area (Å²) in [6, 6.07) is 0. The molecule has 19 heavy (non-hydrogen) atoms. The van der Waals surface area contributed by atoms with E-state index in [2.05, 4.69) is 25.7 Å². The molecule has 0 saturated carbocycles. The largest absolute Gasteiger partial charge is 0.368 e. The van der Waals surface area contributed by atoms with Crippen molar-refractivity contribution in [3.05, 3.63) is 0 Å². The van der Waals surface area contributed by atoms with Gasteiger partial charge in [0.1, 0.15) is 0 Å². The van der Waals surface area contributed by atoms with Crippen LogP contribution in [0.25, 0.3) is 0 Å². The average molecular weight is 283 g/mol. The van der Waals surface area contributed by atoms with Gasteiger partial charge >= 0.3 is 0 Å². The number of hydrogen-bond donors (Lipinski definition) is 2. The van der Waals surface area contributed by atoms with Crippen molar-refractivity contribution in [2.45, 2.75) is 53.8 Å². The van der Waals surface area contributed by atoms with Gasteiger partial charge in [0.25, 0.3) is 0 Å². The van der Waals surface area contributed by atoms with Gasteiger partial charge in [-0.1, -0.05) is 34.6 Å². The molecule has 1 rings (SSSR count). The van der Waals surface area contributed by atoms with Crippen LogP contribution in [-0.2, 0) is 0 Å². The van der Waals surface area contributed by atoms with Crippen LogP contribution in [0.1, 0.15) is 47.5 Å². The topological polar surface area (TPSA) is 43.7 Å². The molecule has 0 unspecified atom stereocenters. The lowest BCUT2D eigenvalue weighted by Gasteiger charge is -2.37. The van der Waals surface area contributed by atoms with Gasteiger partial charge in [-0.25, -0.2) is 8.78 Å². The highest BCUT2D eigenvalue weighted by atomic mass is 19.3. The number of likely N-dealkylation sites (tertiary alicyclic amines) is 1. The van der Waals surface area contributed by atoms with E-state index in [1.807, 2.05) is 0 Å². The fourth-order valence-electron chi connectivity index (χ4n) is 1.81. The summed E-state index contributed by atoms with van der Waals surface area (Å²) >= 11 is 0. The highest BCUT2D eigenvalue weighted by Gasteiger charge is 2.24. The highest BCUT2D eigenvalue weighted by molar-refractivity contribution is 4.78. The highest BCUT2D eigenvalue weighted by Crippen LogP contribution is 2.27. The Labute approximate surface area is 116 Å². The van der Waals surface area contributed by atoms with Gasteiger partial charge in [-0.05, 0) is 31.3 Å². The summed E-state index contributed by atoms with van der Waals surface area (Å²) < 4.78 is 19.2. The van der Waals surface area contributed by atoms with Crippen LogP contribution in [-0.4, -0.2) is 48.0 Å². The molecule has 5 heteroatoms. The number of alkyl halides is 2. The van der Waals surface area contributed by atoms with Crippen LogP contribution in [0.15, 0.2) is 0 Å². The summed E-state index contributed by atoms with van der Waals surface area (Å²) in [7, 11) is 0. The molecule has 1 saturated heterocycles. The van der Waals surface area contributed by atoms with Crippen LogP contribution >= 0.6 is 0 Å². The molecule has 0 radical (unpaired) electrons. The van der Waals surface area contributed by atoms with Crippen molar-refractivity contribution < 1.29 is 19.0 Å². The first-order valence-electron chi connectivity index (χ1n) is 6.90. The normalized spacial score (nSPS) is 18.5. The summed E-state index contributed by atoms with van der Waals surface area (Å²) in [5.74, 6) is -0.0370. The lowest BCUT2D eigenvalue weighted by Crippen LogP contribution is -2.39. The fraction of sp³-hybridized carbons (Fsp3) is 1.00. The predicted octanol–water partition coefficient (Wildman–Crippen LogP) is 2.96. The van der Waals surface area contributed by atoms with Gasteiger partial charge in [-0.3, -0.25) is 0 Å². The van der Waals surface area contributed by atoms with Crippen LogP contribution in [0.2, 0.25) is 0 Å². The molecule has 118 valence electrons. The predicted molar refractivity (Wildman–Crippen MR) is 75.3 cm³/mol. The van der Waals surface area contributed by atoms with Crippen molar-refractivity contribution in [1.82, 2.24) is 4.90 Å². The van der Waals surface area contributed by atoms with Gasteiger partial charge in [-0.15, -0.1) is 0 Å². The number of aliphatic hydroxyl groups excluding tert-OH is 1. The molecule has 0 atom stereocenters. The molecule has 1 heterocycles. The van der Waals surface area contributed by atoms with Crippen molar-refractivity contribution >= 4 is 0 Å². The SMILES string of the molecule is CC(C)C(O)O.CCN1CCCC(C)(C)C1.FCF. The first-order chi connectivity index (χ1) is 8.70. The first-order valence-corrected chi connectivity index (χ1v) is 6.90. The van der Waals surface area contributed by atoms with Crippen LogP contribution in [0.3, 0.4) is 0 Å². The minimum atomic E-state index is -1.75.